The van der Waals surface area contributed by atoms with Crippen molar-refractivity contribution in [3.63, 3.8) is 0 Å². The molecule has 5 saturated carbocycles. The van der Waals surface area contributed by atoms with Gasteiger partial charge in [-0.25, -0.2) is 0 Å². The molecule has 0 radical (unpaired) electrons. The van der Waals surface area contributed by atoms with Gasteiger partial charge in [0, 0.05) is 27.9 Å². The van der Waals surface area contributed by atoms with Crippen LogP contribution in [0.5, 0.6) is 0 Å². The van der Waals surface area contributed by atoms with Crippen molar-refractivity contribution in [1.82, 2.24) is 4.90 Å². The van der Waals surface area contributed by atoms with E-state index < -0.39 is 0 Å². The van der Waals surface area contributed by atoms with Crippen LogP contribution < -0.4 is 0 Å². The predicted octanol–water partition coefficient (Wildman–Crippen LogP) is 16.6. The van der Waals surface area contributed by atoms with E-state index in [-0.39, 0.29) is 0 Å². The molecule has 0 spiro atoms. The number of nitrogens with zero attached hydrogens (tertiary/aromatic N) is 1. The molecule has 1 aromatic heterocycles. The lowest BCUT2D eigenvalue weighted by Crippen LogP contribution is -2.52. The third-order valence-electron chi connectivity index (χ3n) is 15.2. The normalized spacial score (nSPS) is 29.7. The van der Waals surface area contributed by atoms with Gasteiger partial charge in [0.15, 0.2) is 0 Å². The fourth-order valence-electron chi connectivity index (χ4n) is 11.7. The maximum atomic E-state index is 3.23. The molecule has 2 heteroatoms. The minimum absolute atomic E-state index is 0.763. The summed E-state index contributed by atoms with van der Waals surface area (Å²) in [5.74, 6) is 4.32. The van der Waals surface area contributed by atoms with Gasteiger partial charge in [0.25, 0.3) is 0 Å². The molecule has 304 valence electrons. The molecule has 5 fully saturated rings. The molecular weight excluding hydrogens is 671 g/mol. The third-order valence-corrected chi connectivity index (χ3v) is 16.3. The van der Waals surface area contributed by atoms with Crippen molar-refractivity contribution in [1.29, 1.82) is 0 Å². The Morgan fingerprint density at radius 1 is 0.500 bits per heavy atom. The quantitative estimate of drug-likeness (QED) is 0.100. The van der Waals surface area contributed by atoms with Crippen LogP contribution in [-0.2, 0) is 6.42 Å². The number of rotatable bonds is 19. The van der Waals surface area contributed by atoms with Crippen LogP contribution in [-0.4, -0.2) is 23.0 Å². The van der Waals surface area contributed by atoms with Gasteiger partial charge in [-0.05, 0) is 169 Å². The molecule has 1 nitrogen and oxygen atoms in total. The Balaban J connectivity index is 1.04. The summed E-state index contributed by atoms with van der Waals surface area (Å²) in [6, 6.07) is 5.10. The van der Waals surface area contributed by atoms with Crippen molar-refractivity contribution in [3.8, 4) is 0 Å². The van der Waals surface area contributed by atoms with Gasteiger partial charge in [-0.2, -0.15) is 0 Å². The number of unbranched alkanes of at least 4 members (excludes halogenated alkanes) is 6. The Hall–Kier alpha value is -1.12. The zero-order valence-electron chi connectivity index (χ0n) is 35.6. The highest BCUT2D eigenvalue weighted by atomic mass is 32.1. The van der Waals surface area contributed by atoms with Gasteiger partial charge in [0.1, 0.15) is 0 Å². The summed E-state index contributed by atoms with van der Waals surface area (Å²) in [5, 5.41) is 0. The van der Waals surface area contributed by atoms with Gasteiger partial charge >= 0.3 is 0 Å². The number of allylic oxidation sites excluding steroid dienone is 4. The number of hydrogen-bond acceptors (Lipinski definition) is 2. The molecule has 5 aliphatic rings. The first kappa shape index (κ1) is 42.5. The minimum atomic E-state index is 0.763. The van der Waals surface area contributed by atoms with E-state index in [0.717, 1.165) is 47.7 Å². The molecule has 0 aliphatic heterocycles. The second-order valence-corrected chi connectivity index (χ2v) is 20.5. The van der Waals surface area contributed by atoms with Crippen LogP contribution in [0.1, 0.15) is 228 Å². The lowest BCUT2D eigenvalue weighted by molar-refractivity contribution is 0.00789. The van der Waals surface area contributed by atoms with Crippen LogP contribution in [0.15, 0.2) is 30.4 Å². The Kier molecular flexibility index (Phi) is 18.8. The molecule has 0 aromatic carbocycles. The second-order valence-electron chi connectivity index (χ2n) is 19.4. The Morgan fingerprint density at radius 3 is 1.56 bits per heavy atom. The molecular formula is C52H85NS. The maximum absolute atomic E-state index is 3.23. The van der Waals surface area contributed by atoms with E-state index in [1.807, 2.05) is 0 Å². The molecule has 6 rings (SSSR count). The lowest BCUT2D eigenvalue weighted by atomic mass is 9.77. The smallest absolute Gasteiger partial charge is 0.0305 e. The van der Waals surface area contributed by atoms with Crippen LogP contribution in [0.3, 0.4) is 0 Å². The van der Waals surface area contributed by atoms with Gasteiger partial charge in [-0.1, -0.05) is 128 Å². The summed E-state index contributed by atoms with van der Waals surface area (Å²) in [7, 11) is 0. The van der Waals surface area contributed by atoms with Crippen LogP contribution in [0.25, 0.3) is 12.2 Å². The lowest BCUT2D eigenvalue weighted by Gasteiger charge is -2.49. The maximum Gasteiger partial charge on any atom is 0.0305 e. The zero-order chi connectivity index (χ0) is 37.2. The van der Waals surface area contributed by atoms with E-state index in [1.54, 1.807) is 10.4 Å². The predicted molar refractivity (Wildman–Crippen MR) is 240 cm³/mol. The highest BCUT2D eigenvalue weighted by molar-refractivity contribution is 7.14. The number of hydrogen-bond donors (Lipinski definition) is 0. The van der Waals surface area contributed by atoms with E-state index in [4.69, 9.17) is 0 Å². The van der Waals surface area contributed by atoms with Crippen molar-refractivity contribution in [2.45, 2.75) is 237 Å². The minimum Gasteiger partial charge on any atom is -0.294 e. The average molecular weight is 756 g/mol. The van der Waals surface area contributed by atoms with E-state index in [9.17, 15) is 0 Å². The van der Waals surface area contributed by atoms with E-state index in [1.165, 1.54) is 210 Å². The molecule has 54 heavy (non-hydrogen) atoms. The summed E-state index contributed by atoms with van der Waals surface area (Å²) in [6.07, 6.45) is 61.4. The first-order valence-corrected chi connectivity index (χ1v) is 25.4. The fraction of sp³-hybridized carbons (Fsp3) is 0.808. The van der Waals surface area contributed by atoms with Gasteiger partial charge in [-0.15, -0.1) is 11.3 Å². The molecule has 0 amide bonds. The molecule has 0 N–H and O–H groups in total. The van der Waals surface area contributed by atoms with Gasteiger partial charge < -0.3 is 0 Å². The van der Waals surface area contributed by atoms with E-state index in [2.05, 4.69) is 72.6 Å². The van der Waals surface area contributed by atoms with Crippen molar-refractivity contribution >= 4 is 23.5 Å². The van der Waals surface area contributed by atoms with Gasteiger partial charge in [-0.3, -0.25) is 4.90 Å². The Labute approximate surface area is 339 Å². The molecule has 0 unspecified atom stereocenters. The van der Waals surface area contributed by atoms with Crippen LogP contribution in [0, 0.1) is 29.6 Å². The Morgan fingerprint density at radius 2 is 0.981 bits per heavy atom. The second kappa shape index (κ2) is 24.0. The summed E-state index contributed by atoms with van der Waals surface area (Å²) in [5.41, 5.74) is 1.62. The molecule has 0 bridgehead atoms. The van der Waals surface area contributed by atoms with Gasteiger partial charge in [0.2, 0.25) is 0 Å². The monoisotopic (exact) mass is 756 g/mol. The highest BCUT2D eigenvalue weighted by Crippen LogP contribution is 2.41. The Bertz CT molecular complexity index is 1220. The third kappa shape index (κ3) is 13.8. The van der Waals surface area contributed by atoms with E-state index in [0.29, 0.717) is 0 Å². The molecule has 1 heterocycles. The van der Waals surface area contributed by atoms with Crippen molar-refractivity contribution in [3.05, 3.63) is 45.7 Å². The standard InChI is InChI=1S/C52H85NS/c1-3-5-7-11-21-44-25-33-48(34-26-44)53(49-35-27-45(28-36-49)24-23-42-17-12-9-13-18-42)50-37-29-46(30-38-50)31-39-51-41-47(22-16-8-6-4-2)52(54-51)40-32-43-19-14-10-15-20-43/h23-24,31-32,39-46,48-50H,3-22,25-30,33-38H2,1-2H3/b24-23+,39-31+,40-32+. The summed E-state index contributed by atoms with van der Waals surface area (Å²) < 4.78 is 0. The van der Waals surface area contributed by atoms with Crippen molar-refractivity contribution < 1.29 is 0 Å². The molecule has 0 atom stereocenters. The van der Waals surface area contributed by atoms with Gasteiger partial charge in [0.05, 0.1) is 0 Å². The molecule has 1 aromatic rings. The number of thiophene rings is 1. The average Bonchev–Trinajstić information content (AvgIpc) is 3.62. The summed E-state index contributed by atoms with van der Waals surface area (Å²) >= 11 is 2.08. The first-order chi connectivity index (χ1) is 26.7. The summed E-state index contributed by atoms with van der Waals surface area (Å²) in [6.45, 7) is 4.69. The zero-order valence-corrected chi connectivity index (χ0v) is 36.5. The SMILES string of the molecule is CCCCCCc1cc(/C=C/C2CCC(N(C3CCC(/C=C/C4CCCCC4)CC3)C3CCC(CCCCCC)CC3)CC2)sc1/C=C/C1CCCCC1. The van der Waals surface area contributed by atoms with Crippen molar-refractivity contribution in [2.75, 3.05) is 0 Å². The molecule has 5 aliphatic carbocycles. The fourth-order valence-corrected chi connectivity index (χ4v) is 12.8. The topological polar surface area (TPSA) is 3.24 Å². The van der Waals surface area contributed by atoms with Crippen LogP contribution >= 0.6 is 11.3 Å². The number of aryl methyl sites for hydroxylation is 1. The van der Waals surface area contributed by atoms with Crippen LogP contribution in [0.2, 0.25) is 0 Å². The molecule has 0 saturated heterocycles. The van der Waals surface area contributed by atoms with Crippen molar-refractivity contribution in [2.24, 2.45) is 29.6 Å². The van der Waals surface area contributed by atoms with E-state index >= 15 is 0 Å². The van der Waals surface area contributed by atoms with Crippen LogP contribution in [0.4, 0.5) is 0 Å². The summed E-state index contributed by atoms with van der Waals surface area (Å²) in [4.78, 5) is 6.29. The highest BCUT2D eigenvalue weighted by Gasteiger charge is 2.37. The first-order valence-electron chi connectivity index (χ1n) is 24.6. The largest absolute Gasteiger partial charge is 0.294 e.